The van der Waals surface area contributed by atoms with E-state index in [-0.39, 0.29) is 0 Å². The lowest BCUT2D eigenvalue weighted by Crippen LogP contribution is -2.26. The first kappa shape index (κ1) is 19.2. The fourth-order valence-electron chi connectivity index (χ4n) is 4.32. The van der Waals surface area contributed by atoms with Gasteiger partial charge in [0.2, 0.25) is 0 Å². The molecule has 1 N–H and O–H groups in total. The van der Waals surface area contributed by atoms with Crippen molar-refractivity contribution in [2.75, 3.05) is 0 Å². The normalized spacial score (nSPS) is 14.2. The van der Waals surface area contributed by atoms with Crippen molar-refractivity contribution in [2.45, 2.75) is 42.5 Å². The van der Waals surface area contributed by atoms with E-state index >= 15 is 0 Å². The summed E-state index contributed by atoms with van der Waals surface area (Å²) in [5.41, 5.74) is 5.80. The van der Waals surface area contributed by atoms with Gasteiger partial charge in [0.05, 0.1) is 11.9 Å². The molecule has 0 aliphatic heterocycles. The van der Waals surface area contributed by atoms with Gasteiger partial charge in [-0.25, -0.2) is 4.98 Å². The van der Waals surface area contributed by atoms with Crippen LogP contribution in [0.15, 0.2) is 89.0 Å². The first-order valence-electron chi connectivity index (χ1n) is 10.3. The Balaban J connectivity index is 1.51. The summed E-state index contributed by atoms with van der Waals surface area (Å²) in [6.45, 7) is 4.71. The smallest absolute Gasteiger partial charge is 0.173 e. The topological polar surface area (TPSA) is 38.0 Å². The third-order valence-corrected chi connectivity index (χ3v) is 6.96. The predicted octanol–water partition coefficient (Wildman–Crippen LogP) is 5.88. The van der Waals surface area contributed by atoms with Crippen molar-refractivity contribution < 1.29 is 5.11 Å². The average molecular weight is 413 g/mol. The molecule has 1 aliphatic carbocycles. The molecule has 150 valence electrons. The highest BCUT2D eigenvalue weighted by atomic mass is 32.2. The van der Waals surface area contributed by atoms with Crippen LogP contribution in [0.5, 0.6) is 0 Å². The number of imidazole rings is 1. The second kappa shape index (κ2) is 7.46. The summed E-state index contributed by atoms with van der Waals surface area (Å²) in [6, 6.07) is 25.1. The minimum absolute atomic E-state index is 0.747. The monoisotopic (exact) mass is 412 g/mol. The minimum atomic E-state index is -1.12. The second-order valence-corrected chi connectivity index (χ2v) is 8.90. The summed E-state index contributed by atoms with van der Waals surface area (Å²) in [5, 5.41) is 12.5. The lowest BCUT2D eigenvalue weighted by molar-refractivity contribution is 0.0923. The second-order valence-electron chi connectivity index (χ2n) is 7.86. The minimum Gasteiger partial charge on any atom is -0.379 e. The molecule has 3 nitrogen and oxygen atoms in total. The van der Waals surface area contributed by atoms with Gasteiger partial charge < -0.3 is 9.67 Å². The Hall–Kier alpha value is -2.82. The van der Waals surface area contributed by atoms with Crippen LogP contribution in [0.3, 0.4) is 0 Å². The molecule has 0 fully saturated rings. The van der Waals surface area contributed by atoms with E-state index in [0.29, 0.717) is 0 Å². The van der Waals surface area contributed by atoms with E-state index in [1.54, 1.807) is 11.8 Å². The number of benzene rings is 3. The molecule has 1 heterocycles. The molecule has 1 atom stereocenters. The lowest BCUT2D eigenvalue weighted by Gasteiger charge is -2.26. The predicted molar refractivity (Wildman–Crippen MR) is 122 cm³/mol. The van der Waals surface area contributed by atoms with Gasteiger partial charge in [-0.3, -0.25) is 0 Å². The van der Waals surface area contributed by atoms with E-state index in [1.807, 2.05) is 31.3 Å². The third-order valence-electron chi connectivity index (χ3n) is 5.94. The van der Waals surface area contributed by atoms with E-state index in [2.05, 4.69) is 71.1 Å². The number of rotatable bonds is 5. The number of hydrogen-bond acceptors (Lipinski definition) is 3. The summed E-state index contributed by atoms with van der Waals surface area (Å²) in [5.74, 6) is 0. The van der Waals surface area contributed by atoms with Gasteiger partial charge in [0.1, 0.15) is 5.60 Å². The zero-order valence-corrected chi connectivity index (χ0v) is 18.0. The number of fused-ring (bicyclic) bond motifs is 3. The third kappa shape index (κ3) is 3.17. The van der Waals surface area contributed by atoms with Gasteiger partial charge in [0.25, 0.3) is 0 Å². The van der Waals surface area contributed by atoms with Crippen molar-refractivity contribution >= 4 is 11.8 Å². The van der Waals surface area contributed by atoms with Crippen LogP contribution in [-0.2, 0) is 18.6 Å². The SMILES string of the molecule is CCn1c(C(C)(O)c2ccc3c(c2)Cc2ccccc2-3)cnc1Sc1ccccc1. The van der Waals surface area contributed by atoms with Gasteiger partial charge in [0.15, 0.2) is 5.16 Å². The molecule has 0 amide bonds. The van der Waals surface area contributed by atoms with Crippen molar-refractivity contribution in [1.29, 1.82) is 0 Å². The zero-order valence-electron chi connectivity index (χ0n) is 17.2. The first-order valence-corrected chi connectivity index (χ1v) is 11.1. The highest BCUT2D eigenvalue weighted by Gasteiger charge is 2.32. The van der Waals surface area contributed by atoms with Crippen LogP contribution in [-0.4, -0.2) is 14.7 Å². The van der Waals surface area contributed by atoms with E-state index in [1.165, 1.54) is 22.3 Å². The molecular weight excluding hydrogens is 388 g/mol. The molecule has 1 aromatic heterocycles. The summed E-state index contributed by atoms with van der Waals surface area (Å²) >= 11 is 1.62. The van der Waals surface area contributed by atoms with Gasteiger partial charge >= 0.3 is 0 Å². The molecule has 0 spiro atoms. The maximum absolute atomic E-state index is 11.6. The van der Waals surface area contributed by atoms with E-state index in [0.717, 1.165) is 34.3 Å². The van der Waals surface area contributed by atoms with Crippen molar-refractivity contribution in [3.63, 3.8) is 0 Å². The fourth-order valence-corrected chi connectivity index (χ4v) is 5.27. The van der Waals surface area contributed by atoms with Crippen molar-refractivity contribution in [3.8, 4) is 11.1 Å². The number of aliphatic hydroxyl groups is 1. The largest absolute Gasteiger partial charge is 0.379 e. The summed E-state index contributed by atoms with van der Waals surface area (Å²) in [4.78, 5) is 5.78. The molecule has 1 unspecified atom stereocenters. The standard InChI is InChI=1S/C26H24N2OS/c1-3-28-24(17-27-25(28)30-21-10-5-4-6-11-21)26(2,29)20-13-14-23-19(16-20)15-18-9-7-8-12-22(18)23/h4-14,16-17,29H,3,15H2,1-2H3. The van der Waals surface area contributed by atoms with Gasteiger partial charge in [-0.1, -0.05) is 72.4 Å². The molecule has 1 aliphatic rings. The molecule has 30 heavy (non-hydrogen) atoms. The Labute approximate surface area is 181 Å². The maximum atomic E-state index is 11.6. The summed E-state index contributed by atoms with van der Waals surface area (Å²) in [7, 11) is 0. The Morgan fingerprint density at radius 1 is 0.967 bits per heavy atom. The fraction of sp³-hybridized carbons (Fsp3) is 0.192. The van der Waals surface area contributed by atoms with E-state index in [4.69, 9.17) is 0 Å². The maximum Gasteiger partial charge on any atom is 0.173 e. The molecule has 0 saturated heterocycles. The van der Waals surface area contributed by atoms with Crippen LogP contribution >= 0.6 is 11.8 Å². The highest BCUT2D eigenvalue weighted by Crippen LogP contribution is 2.40. The molecule has 3 aromatic carbocycles. The number of aromatic nitrogens is 2. The van der Waals surface area contributed by atoms with Gasteiger partial charge in [0, 0.05) is 11.4 Å². The Bertz CT molecular complexity index is 1210. The highest BCUT2D eigenvalue weighted by molar-refractivity contribution is 7.99. The van der Waals surface area contributed by atoms with E-state index in [9.17, 15) is 5.11 Å². The summed E-state index contributed by atoms with van der Waals surface area (Å²) < 4.78 is 2.11. The Morgan fingerprint density at radius 2 is 1.70 bits per heavy atom. The van der Waals surface area contributed by atoms with E-state index < -0.39 is 5.60 Å². The molecule has 0 saturated carbocycles. The van der Waals surface area contributed by atoms with Crippen LogP contribution in [0.1, 0.15) is 36.2 Å². The Kier molecular flexibility index (Phi) is 4.76. The molecule has 0 bridgehead atoms. The number of hydrogen-bond donors (Lipinski definition) is 1. The zero-order chi connectivity index (χ0) is 20.7. The lowest BCUT2D eigenvalue weighted by atomic mass is 9.90. The van der Waals surface area contributed by atoms with Crippen LogP contribution in [0.4, 0.5) is 0 Å². The molecule has 4 heteroatoms. The van der Waals surface area contributed by atoms with Gasteiger partial charge in [-0.2, -0.15) is 0 Å². The van der Waals surface area contributed by atoms with Crippen LogP contribution in [0.25, 0.3) is 11.1 Å². The van der Waals surface area contributed by atoms with Crippen LogP contribution in [0.2, 0.25) is 0 Å². The number of nitrogens with zero attached hydrogens (tertiary/aromatic N) is 2. The quantitative estimate of drug-likeness (QED) is 0.392. The first-order chi connectivity index (χ1) is 14.6. The molecule has 5 rings (SSSR count). The van der Waals surface area contributed by atoms with Gasteiger partial charge in [-0.15, -0.1) is 0 Å². The summed E-state index contributed by atoms with van der Waals surface area (Å²) in [6.07, 6.45) is 2.73. The van der Waals surface area contributed by atoms with Crippen molar-refractivity contribution in [2.24, 2.45) is 0 Å². The Morgan fingerprint density at radius 3 is 2.50 bits per heavy atom. The van der Waals surface area contributed by atoms with Gasteiger partial charge in [-0.05, 0) is 60.2 Å². The average Bonchev–Trinajstić information content (AvgIpc) is 3.35. The molecule has 0 radical (unpaired) electrons. The molecule has 4 aromatic rings. The van der Waals surface area contributed by atoms with Crippen LogP contribution < -0.4 is 0 Å². The van der Waals surface area contributed by atoms with Crippen molar-refractivity contribution in [1.82, 2.24) is 9.55 Å². The van der Waals surface area contributed by atoms with Crippen molar-refractivity contribution in [3.05, 3.63) is 101 Å². The van der Waals surface area contributed by atoms with Crippen LogP contribution in [0, 0.1) is 0 Å². The molecular formula is C26H24N2OS.